The van der Waals surface area contributed by atoms with E-state index in [1.165, 1.54) is 0 Å². The van der Waals surface area contributed by atoms with Gasteiger partial charge < -0.3 is 53.3 Å². The summed E-state index contributed by atoms with van der Waals surface area (Å²) in [5.74, 6) is 0.668. The van der Waals surface area contributed by atoms with Gasteiger partial charge in [-0.15, -0.1) is 0 Å². The van der Waals surface area contributed by atoms with Crippen molar-refractivity contribution in [1.29, 1.82) is 0 Å². The fourth-order valence-corrected chi connectivity index (χ4v) is 3.12. The summed E-state index contributed by atoms with van der Waals surface area (Å²) in [6.45, 7) is 14.0. The van der Waals surface area contributed by atoms with E-state index < -0.39 is 0 Å². The molecular weight excluding hydrogens is 496 g/mol. The van der Waals surface area contributed by atoms with Gasteiger partial charge in [-0.2, -0.15) is 0 Å². The van der Waals surface area contributed by atoms with Crippen molar-refractivity contribution in [3.05, 3.63) is 18.2 Å². The maximum absolute atomic E-state index is 6.11. The Labute approximate surface area is 228 Å². The summed E-state index contributed by atoms with van der Waals surface area (Å²) in [7, 11) is 3.21. The zero-order chi connectivity index (χ0) is 28.0. The number of methoxy groups -OCH3 is 2. The Morgan fingerprint density at radius 2 is 1.11 bits per heavy atom. The van der Waals surface area contributed by atoms with Crippen molar-refractivity contribution in [2.45, 2.75) is 46.4 Å². The summed E-state index contributed by atoms with van der Waals surface area (Å²) in [6.07, 6.45) is -0.442. The van der Waals surface area contributed by atoms with Gasteiger partial charge in [0.2, 0.25) is 0 Å². The first kappa shape index (κ1) is 34.3. The van der Waals surface area contributed by atoms with Crippen LogP contribution in [-0.4, -0.2) is 112 Å². The van der Waals surface area contributed by atoms with Crippen LogP contribution in [-0.2, 0) is 37.9 Å². The summed E-state index contributed by atoms with van der Waals surface area (Å²) in [5.41, 5.74) is 7.71. The van der Waals surface area contributed by atoms with E-state index in [4.69, 9.17) is 48.4 Å². The number of nitrogens with zero attached hydrogens (tertiary/aromatic N) is 1. The molecule has 0 bridgehead atoms. The molecule has 38 heavy (non-hydrogen) atoms. The molecule has 1 rings (SSSR count). The van der Waals surface area contributed by atoms with Crippen molar-refractivity contribution >= 4 is 11.4 Å². The van der Waals surface area contributed by atoms with Crippen LogP contribution < -0.4 is 15.4 Å². The Balaban J connectivity index is 2.42. The van der Waals surface area contributed by atoms with Crippen LogP contribution in [0, 0.1) is 0 Å². The Morgan fingerprint density at radius 1 is 0.658 bits per heavy atom. The van der Waals surface area contributed by atoms with Crippen LogP contribution in [0.15, 0.2) is 18.2 Å². The molecule has 0 radical (unpaired) electrons. The fraction of sp³-hybridized carbons (Fsp3) is 0.778. The number of nitrogens with two attached hydrogens (primary N) is 1. The molecule has 0 heterocycles. The first-order valence-corrected chi connectivity index (χ1v) is 13.3. The van der Waals surface area contributed by atoms with Gasteiger partial charge in [0, 0.05) is 39.1 Å². The molecule has 0 aromatic heterocycles. The minimum absolute atomic E-state index is 0.0267. The lowest BCUT2D eigenvalue weighted by molar-refractivity contribution is -0.123. The third-order valence-corrected chi connectivity index (χ3v) is 5.30. The van der Waals surface area contributed by atoms with Gasteiger partial charge >= 0.3 is 0 Å². The van der Waals surface area contributed by atoms with Crippen LogP contribution >= 0.6 is 0 Å². The van der Waals surface area contributed by atoms with Gasteiger partial charge in [0.1, 0.15) is 5.75 Å². The largest absolute Gasteiger partial charge is 0.489 e. The predicted molar refractivity (Wildman–Crippen MR) is 147 cm³/mol. The van der Waals surface area contributed by atoms with Crippen LogP contribution in [0.1, 0.15) is 27.7 Å². The normalized spacial score (nSPS) is 13.1. The van der Waals surface area contributed by atoms with E-state index in [0.717, 1.165) is 5.69 Å². The zero-order valence-corrected chi connectivity index (χ0v) is 24.1. The minimum atomic E-state index is -0.235. The van der Waals surface area contributed by atoms with Crippen molar-refractivity contribution in [3.8, 4) is 5.75 Å². The van der Waals surface area contributed by atoms with E-state index in [-0.39, 0.29) is 18.7 Å². The van der Waals surface area contributed by atoms with Crippen LogP contribution in [0.4, 0.5) is 11.4 Å². The molecule has 0 saturated carbocycles. The van der Waals surface area contributed by atoms with E-state index in [1.807, 2.05) is 45.9 Å². The minimum Gasteiger partial charge on any atom is -0.489 e. The molecule has 222 valence electrons. The van der Waals surface area contributed by atoms with Crippen LogP contribution in [0.25, 0.3) is 0 Å². The van der Waals surface area contributed by atoms with Gasteiger partial charge in [0.15, 0.2) is 12.6 Å². The number of ether oxygens (including phenoxy) is 9. The molecule has 0 fully saturated rings. The lowest BCUT2D eigenvalue weighted by Gasteiger charge is -2.26. The molecule has 11 nitrogen and oxygen atoms in total. The highest BCUT2D eigenvalue weighted by molar-refractivity contribution is 5.62. The van der Waals surface area contributed by atoms with Crippen molar-refractivity contribution in [2.75, 3.05) is 104 Å². The topological polar surface area (TPSA) is 112 Å². The summed E-state index contributed by atoms with van der Waals surface area (Å²) < 4.78 is 49.4. The van der Waals surface area contributed by atoms with E-state index in [0.29, 0.717) is 90.6 Å². The summed E-state index contributed by atoms with van der Waals surface area (Å²) >= 11 is 0. The molecule has 0 spiro atoms. The molecule has 1 aromatic carbocycles. The lowest BCUT2D eigenvalue weighted by Crippen LogP contribution is -2.31. The second kappa shape index (κ2) is 22.2. The Hall–Kier alpha value is -1.70. The van der Waals surface area contributed by atoms with Crippen molar-refractivity contribution in [1.82, 2.24) is 0 Å². The Bertz CT molecular complexity index is 669. The molecule has 0 aliphatic heterocycles. The van der Waals surface area contributed by atoms with Gasteiger partial charge in [-0.25, -0.2) is 0 Å². The van der Waals surface area contributed by atoms with E-state index in [1.54, 1.807) is 14.2 Å². The van der Waals surface area contributed by atoms with Gasteiger partial charge in [-0.1, -0.05) is 0 Å². The summed E-state index contributed by atoms with van der Waals surface area (Å²) in [6, 6.07) is 5.81. The molecule has 2 atom stereocenters. The Kier molecular flexibility index (Phi) is 20.0. The highest BCUT2D eigenvalue weighted by atomic mass is 16.7. The quantitative estimate of drug-likeness (QED) is 0.111. The molecular formula is C27H50N2O9. The third kappa shape index (κ3) is 17.0. The third-order valence-electron chi connectivity index (χ3n) is 5.30. The number of rotatable bonds is 25. The molecule has 0 aliphatic rings. The van der Waals surface area contributed by atoms with E-state index in [2.05, 4.69) is 4.90 Å². The molecule has 2 N–H and O–H groups in total. The summed E-state index contributed by atoms with van der Waals surface area (Å²) in [4.78, 5) is 2.19. The number of anilines is 2. The highest BCUT2D eigenvalue weighted by Gasteiger charge is 2.11. The monoisotopic (exact) mass is 546 g/mol. The average Bonchev–Trinajstić information content (AvgIpc) is 2.90. The van der Waals surface area contributed by atoms with Crippen LogP contribution in [0.3, 0.4) is 0 Å². The van der Waals surface area contributed by atoms with Gasteiger partial charge in [-0.05, 0) is 39.8 Å². The zero-order valence-electron chi connectivity index (χ0n) is 24.1. The van der Waals surface area contributed by atoms with Crippen LogP contribution in [0.2, 0.25) is 0 Å². The number of hydrogen-bond acceptors (Lipinski definition) is 11. The maximum atomic E-state index is 6.11. The molecule has 2 unspecified atom stereocenters. The first-order valence-electron chi connectivity index (χ1n) is 13.3. The fourth-order valence-electron chi connectivity index (χ4n) is 3.12. The molecule has 0 amide bonds. The van der Waals surface area contributed by atoms with Gasteiger partial charge in [-0.3, -0.25) is 0 Å². The molecule has 0 saturated heterocycles. The number of nitrogen functional groups attached to an aromatic ring is 1. The van der Waals surface area contributed by atoms with E-state index in [9.17, 15) is 0 Å². The number of hydrogen-bond donors (Lipinski definition) is 1. The van der Waals surface area contributed by atoms with Gasteiger partial charge in [0.25, 0.3) is 0 Å². The average molecular weight is 547 g/mol. The first-order chi connectivity index (χ1) is 18.4. The highest BCUT2D eigenvalue weighted by Crippen LogP contribution is 2.28. The SMILES string of the molecule is COC(C)OCCOCCOCCN(CCOCCOCCOC(C)OC)c1ccc(N)c(OC(C)C)c1. The molecule has 0 aliphatic carbocycles. The van der Waals surface area contributed by atoms with Crippen LogP contribution in [0.5, 0.6) is 5.75 Å². The number of benzene rings is 1. The van der Waals surface area contributed by atoms with Crippen molar-refractivity contribution in [3.63, 3.8) is 0 Å². The van der Waals surface area contributed by atoms with E-state index >= 15 is 0 Å². The van der Waals surface area contributed by atoms with Crippen molar-refractivity contribution < 1.29 is 42.6 Å². The second-order valence-electron chi connectivity index (χ2n) is 8.67. The molecule has 1 aromatic rings. The van der Waals surface area contributed by atoms with Crippen molar-refractivity contribution in [2.24, 2.45) is 0 Å². The lowest BCUT2D eigenvalue weighted by atomic mass is 10.2. The second-order valence-corrected chi connectivity index (χ2v) is 8.67. The van der Waals surface area contributed by atoms with Gasteiger partial charge in [0.05, 0.1) is 77.9 Å². The smallest absolute Gasteiger partial charge is 0.154 e. The molecule has 11 heteroatoms. The predicted octanol–water partition coefficient (Wildman–Crippen LogP) is 2.95. The maximum Gasteiger partial charge on any atom is 0.154 e. The summed E-state index contributed by atoms with van der Waals surface area (Å²) in [5, 5.41) is 0. The Morgan fingerprint density at radius 3 is 1.55 bits per heavy atom. The standard InChI is InChI=1S/C27H50N2O9/c1-22(2)38-27-21-25(7-8-26(27)28)29(9-11-32-13-15-34-17-19-36-23(3)30-5)10-12-33-14-16-35-18-20-37-24(4)31-6/h7-8,21-24H,9-20,28H2,1-6H3.